The minimum absolute atomic E-state index is 0.0372. The van der Waals surface area contributed by atoms with E-state index < -0.39 is 5.91 Å². The van der Waals surface area contributed by atoms with Crippen molar-refractivity contribution in [2.24, 2.45) is 5.92 Å². The summed E-state index contributed by atoms with van der Waals surface area (Å²) in [5.74, 6) is -0.681. The van der Waals surface area contributed by atoms with Gasteiger partial charge >= 0.3 is 0 Å². The maximum absolute atomic E-state index is 12.0. The van der Waals surface area contributed by atoms with Gasteiger partial charge in [0.2, 0.25) is 0 Å². The number of ether oxygens (including phenoxy) is 1. The number of benzene rings is 1. The summed E-state index contributed by atoms with van der Waals surface area (Å²) in [6.45, 7) is 1.92. The highest BCUT2D eigenvalue weighted by Gasteiger charge is 2.17. The normalized spacial score (nSPS) is 17.0. The summed E-state index contributed by atoms with van der Waals surface area (Å²) in [6, 6.07) is 5.86. The molecule has 0 aromatic heterocycles. The van der Waals surface area contributed by atoms with Gasteiger partial charge in [-0.2, -0.15) is 5.26 Å². The third kappa shape index (κ3) is 3.94. The summed E-state index contributed by atoms with van der Waals surface area (Å²) >= 11 is 0. The summed E-state index contributed by atoms with van der Waals surface area (Å²) in [5.41, 5.74) is 0.227. The van der Waals surface area contributed by atoms with Gasteiger partial charge in [-0.25, -0.2) is 0 Å². The number of hydrogen-bond acceptors (Lipinski definition) is 5. The minimum Gasteiger partial charge on any atom is -0.507 e. The largest absolute Gasteiger partial charge is 0.507 e. The summed E-state index contributed by atoms with van der Waals surface area (Å²) < 4.78 is 5.22. The average molecular weight is 288 g/mol. The Labute approximate surface area is 122 Å². The topological polar surface area (TPSA) is 118 Å². The number of phenolic OH excluding ortho intramolecular Hbond substituents is 1. The highest BCUT2D eigenvalue weighted by Crippen LogP contribution is 2.17. The molecule has 0 radical (unpaired) electrons. The molecule has 0 spiro atoms. The number of hydrogen-bond donors (Lipinski definition) is 4. The van der Waals surface area contributed by atoms with Crippen molar-refractivity contribution < 1.29 is 14.6 Å². The Morgan fingerprint density at radius 2 is 2.38 bits per heavy atom. The fourth-order valence-corrected chi connectivity index (χ4v) is 2.00. The number of aromatic hydroxyl groups is 1. The van der Waals surface area contributed by atoms with Gasteiger partial charge in [0.1, 0.15) is 5.75 Å². The maximum Gasteiger partial charge on any atom is 0.261 e. The molecule has 1 atom stereocenters. The Hall–Kier alpha value is -2.59. The zero-order chi connectivity index (χ0) is 15.2. The van der Waals surface area contributed by atoms with Crippen molar-refractivity contribution >= 4 is 11.9 Å². The molecule has 1 aromatic carbocycles. The lowest BCUT2D eigenvalue weighted by Crippen LogP contribution is -2.42. The summed E-state index contributed by atoms with van der Waals surface area (Å²) in [7, 11) is 0. The first-order chi connectivity index (χ1) is 10.1. The summed E-state index contributed by atoms with van der Waals surface area (Å²) in [5, 5.41) is 31.2. The molecule has 0 aliphatic carbocycles. The lowest BCUT2D eigenvalue weighted by molar-refractivity contribution is 0.0973. The Balaban J connectivity index is 1.91. The van der Waals surface area contributed by atoms with Crippen molar-refractivity contribution in [1.29, 1.82) is 10.7 Å². The van der Waals surface area contributed by atoms with E-state index in [4.69, 9.17) is 15.4 Å². The second kappa shape index (κ2) is 6.72. The van der Waals surface area contributed by atoms with Crippen LogP contribution < -0.4 is 10.6 Å². The Bertz CT molecular complexity index is 588. The molecule has 1 heterocycles. The molecule has 1 aliphatic heterocycles. The lowest BCUT2D eigenvalue weighted by Gasteiger charge is -2.12. The van der Waals surface area contributed by atoms with Crippen LogP contribution >= 0.6 is 0 Å². The number of guanidine groups is 1. The molecule has 1 saturated heterocycles. The molecule has 110 valence electrons. The molecule has 1 aliphatic rings. The Kier molecular flexibility index (Phi) is 4.74. The van der Waals surface area contributed by atoms with Gasteiger partial charge in [-0.3, -0.25) is 15.5 Å². The maximum atomic E-state index is 12.0. The van der Waals surface area contributed by atoms with Crippen molar-refractivity contribution in [3.05, 3.63) is 29.3 Å². The van der Waals surface area contributed by atoms with Crippen LogP contribution in [0.5, 0.6) is 5.75 Å². The van der Waals surface area contributed by atoms with Crippen LogP contribution in [0.15, 0.2) is 18.2 Å². The van der Waals surface area contributed by atoms with E-state index in [0.717, 1.165) is 13.0 Å². The van der Waals surface area contributed by atoms with Crippen LogP contribution in [-0.4, -0.2) is 36.7 Å². The SMILES string of the molecule is N#Cc1ccc(O)c(C(=O)NC(=N)NCC2CCOC2)c1. The number of nitrogens with one attached hydrogen (secondary N) is 3. The van der Waals surface area contributed by atoms with Crippen LogP contribution in [0.25, 0.3) is 0 Å². The zero-order valence-electron chi connectivity index (χ0n) is 11.3. The fraction of sp³-hybridized carbons (Fsp3) is 0.357. The molecule has 2 rings (SSSR count). The first-order valence-electron chi connectivity index (χ1n) is 6.55. The molecule has 21 heavy (non-hydrogen) atoms. The lowest BCUT2D eigenvalue weighted by atomic mass is 10.1. The van der Waals surface area contributed by atoms with Gasteiger partial charge in [-0.15, -0.1) is 0 Å². The molecule has 1 unspecified atom stereocenters. The third-order valence-corrected chi connectivity index (χ3v) is 3.20. The van der Waals surface area contributed by atoms with Gasteiger partial charge in [0.05, 0.1) is 23.8 Å². The molecule has 1 aromatic rings. The molecule has 1 fully saturated rings. The molecule has 1 amide bonds. The number of carbonyl (C=O) groups is 1. The first kappa shape index (κ1) is 14.8. The first-order valence-corrected chi connectivity index (χ1v) is 6.55. The quantitative estimate of drug-likeness (QED) is 0.478. The summed E-state index contributed by atoms with van der Waals surface area (Å²) in [6.07, 6.45) is 0.930. The smallest absolute Gasteiger partial charge is 0.261 e. The molecule has 0 bridgehead atoms. The second-order valence-electron chi connectivity index (χ2n) is 4.78. The van der Waals surface area contributed by atoms with E-state index in [9.17, 15) is 9.90 Å². The van der Waals surface area contributed by atoms with E-state index in [-0.39, 0.29) is 22.8 Å². The molecular formula is C14H16N4O3. The van der Waals surface area contributed by atoms with Gasteiger partial charge in [-0.05, 0) is 24.6 Å². The molecule has 4 N–H and O–H groups in total. The number of carbonyl (C=O) groups excluding carboxylic acids is 1. The Morgan fingerprint density at radius 1 is 1.57 bits per heavy atom. The van der Waals surface area contributed by atoms with Crippen LogP contribution in [0, 0.1) is 22.7 Å². The van der Waals surface area contributed by atoms with Crippen LogP contribution in [0.4, 0.5) is 0 Å². The highest BCUT2D eigenvalue weighted by atomic mass is 16.5. The molecule has 7 nitrogen and oxygen atoms in total. The van der Waals surface area contributed by atoms with E-state index >= 15 is 0 Å². The molecule has 0 saturated carbocycles. The van der Waals surface area contributed by atoms with E-state index in [1.54, 1.807) is 0 Å². The third-order valence-electron chi connectivity index (χ3n) is 3.20. The minimum atomic E-state index is -0.634. The number of amides is 1. The van der Waals surface area contributed by atoms with Crippen LogP contribution in [0.2, 0.25) is 0 Å². The summed E-state index contributed by atoms with van der Waals surface area (Å²) in [4.78, 5) is 12.0. The van der Waals surface area contributed by atoms with Crippen molar-refractivity contribution in [2.75, 3.05) is 19.8 Å². The van der Waals surface area contributed by atoms with Gasteiger partial charge in [-0.1, -0.05) is 0 Å². The molecule has 7 heteroatoms. The van der Waals surface area contributed by atoms with E-state index in [0.29, 0.717) is 19.1 Å². The number of phenols is 1. The Morgan fingerprint density at radius 3 is 3.05 bits per heavy atom. The van der Waals surface area contributed by atoms with Gasteiger partial charge < -0.3 is 15.2 Å². The van der Waals surface area contributed by atoms with Crippen molar-refractivity contribution in [1.82, 2.24) is 10.6 Å². The highest BCUT2D eigenvalue weighted by molar-refractivity contribution is 6.06. The zero-order valence-corrected chi connectivity index (χ0v) is 11.3. The van der Waals surface area contributed by atoms with E-state index in [1.165, 1.54) is 18.2 Å². The predicted octanol–water partition coefficient (Wildman–Crippen LogP) is 0.555. The van der Waals surface area contributed by atoms with Gasteiger partial charge in [0, 0.05) is 19.1 Å². The van der Waals surface area contributed by atoms with Crippen molar-refractivity contribution in [2.45, 2.75) is 6.42 Å². The van der Waals surface area contributed by atoms with E-state index in [1.807, 2.05) is 6.07 Å². The van der Waals surface area contributed by atoms with Crippen LogP contribution in [-0.2, 0) is 4.74 Å². The molecular weight excluding hydrogens is 272 g/mol. The fourth-order valence-electron chi connectivity index (χ4n) is 2.00. The number of nitriles is 1. The number of rotatable bonds is 3. The predicted molar refractivity (Wildman–Crippen MR) is 74.9 cm³/mol. The van der Waals surface area contributed by atoms with E-state index in [2.05, 4.69) is 10.6 Å². The van der Waals surface area contributed by atoms with Crippen molar-refractivity contribution in [3.8, 4) is 11.8 Å². The van der Waals surface area contributed by atoms with Crippen LogP contribution in [0.3, 0.4) is 0 Å². The standard InChI is InChI=1S/C14H16N4O3/c15-6-9-1-2-12(19)11(5-9)13(20)18-14(16)17-7-10-3-4-21-8-10/h1-2,5,10,19H,3-4,7-8H2,(H3,16,17,18,20). The van der Waals surface area contributed by atoms with Gasteiger partial charge in [0.25, 0.3) is 5.91 Å². The van der Waals surface area contributed by atoms with Crippen LogP contribution in [0.1, 0.15) is 22.3 Å². The van der Waals surface area contributed by atoms with Crippen molar-refractivity contribution in [3.63, 3.8) is 0 Å². The van der Waals surface area contributed by atoms with Gasteiger partial charge in [0.15, 0.2) is 5.96 Å². The monoisotopic (exact) mass is 288 g/mol. The average Bonchev–Trinajstić information content (AvgIpc) is 2.99. The second-order valence-corrected chi connectivity index (χ2v) is 4.78. The number of nitrogens with zero attached hydrogens (tertiary/aromatic N) is 1.